The van der Waals surface area contributed by atoms with Crippen molar-refractivity contribution >= 4 is 27.6 Å². The fraction of sp³-hybridized carbons (Fsp3) is 0.364. The highest BCUT2D eigenvalue weighted by Gasteiger charge is 2.15. The molecular formula is C11H13BrFNO2. The molecule has 0 aromatic heterocycles. The molecule has 1 rings (SSSR count). The Labute approximate surface area is 102 Å². The van der Waals surface area contributed by atoms with Crippen LogP contribution in [0.3, 0.4) is 0 Å². The maximum absolute atomic E-state index is 13.7. The van der Waals surface area contributed by atoms with Gasteiger partial charge in [-0.1, -0.05) is 13.3 Å². The fourth-order valence-corrected chi connectivity index (χ4v) is 1.77. The standard InChI is InChI=1S/C11H13BrFNO2/c1-2-3-6-14-8-5-4-7(11(15)16)9(12)10(8)13/h4-5,14H,2-3,6H2,1H3,(H,15,16). The number of halogens is 2. The van der Waals surface area contributed by atoms with Crippen LogP contribution in [-0.2, 0) is 0 Å². The molecular weight excluding hydrogens is 277 g/mol. The van der Waals surface area contributed by atoms with Gasteiger partial charge in [0, 0.05) is 6.54 Å². The van der Waals surface area contributed by atoms with Crippen molar-refractivity contribution in [3.8, 4) is 0 Å². The van der Waals surface area contributed by atoms with E-state index in [1.807, 2.05) is 6.92 Å². The van der Waals surface area contributed by atoms with Gasteiger partial charge in [-0.2, -0.15) is 0 Å². The first-order valence-electron chi connectivity index (χ1n) is 5.03. The average molecular weight is 290 g/mol. The van der Waals surface area contributed by atoms with Crippen LogP contribution >= 0.6 is 15.9 Å². The van der Waals surface area contributed by atoms with Crippen LogP contribution in [0.5, 0.6) is 0 Å². The van der Waals surface area contributed by atoms with Gasteiger partial charge in [0.2, 0.25) is 0 Å². The first-order valence-corrected chi connectivity index (χ1v) is 5.82. The molecule has 0 unspecified atom stereocenters. The Hall–Kier alpha value is -1.10. The lowest BCUT2D eigenvalue weighted by molar-refractivity contribution is 0.0695. The molecule has 1 aromatic carbocycles. The second-order valence-electron chi connectivity index (χ2n) is 3.37. The Kier molecular flexibility index (Phi) is 4.73. The molecule has 0 aliphatic rings. The number of benzene rings is 1. The lowest BCUT2D eigenvalue weighted by atomic mass is 10.2. The van der Waals surface area contributed by atoms with E-state index in [0.717, 1.165) is 12.8 Å². The number of rotatable bonds is 5. The van der Waals surface area contributed by atoms with Gasteiger partial charge < -0.3 is 10.4 Å². The Morgan fingerprint density at radius 3 is 2.81 bits per heavy atom. The normalized spacial score (nSPS) is 10.2. The number of anilines is 1. The third-order valence-electron chi connectivity index (χ3n) is 2.16. The van der Waals surface area contributed by atoms with Crippen LogP contribution in [0.15, 0.2) is 16.6 Å². The smallest absolute Gasteiger partial charge is 0.336 e. The van der Waals surface area contributed by atoms with Crippen LogP contribution in [0.1, 0.15) is 30.1 Å². The molecule has 2 N–H and O–H groups in total. The van der Waals surface area contributed by atoms with Crippen molar-refractivity contribution in [3.05, 3.63) is 28.0 Å². The van der Waals surface area contributed by atoms with E-state index in [9.17, 15) is 9.18 Å². The van der Waals surface area contributed by atoms with Crippen molar-refractivity contribution in [1.82, 2.24) is 0 Å². The predicted octanol–water partition coefficient (Wildman–Crippen LogP) is 3.50. The van der Waals surface area contributed by atoms with Crippen molar-refractivity contribution in [2.75, 3.05) is 11.9 Å². The molecule has 0 saturated carbocycles. The highest BCUT2D eigenvalue weighted by atomic mass is 79.9. The van der Waals surface area contributed by atoms with Gasteiger partial charge in [-0.25, -0.2) is 9.18 Å². The first-order chi connectivity index (χ1) is 7.57. The zero-order valence-electron chi connectivity index (χ0n) is 8.89. The second kappa shape index (κ2) is 5.84. The quantitative estimate of drug-likeness (QED) is 0.816. The summed E-state index contributed by atoms with van der Waals surface area (Å²) in [7, 11) is 0. The predicted molar refractivity (Wildman–Crippen MR) is 64.5 cm³/mol. The van der Waals surface area contributed by atoms with E-state index < -0.39 is 11.8 Å². The van der Waals surface area contributed by atoms with Crippen LogP contribution in [0.2, 0.25) is 0 Å². The lowest BCUT2D eigenvalue weighted by Gasteiger charge is -2.09. The largest absolute Gasteiger partial charge is 0.478 e. The second-order valence-corrected chi connectivity index (χ2v) is 4.17. The Balaban J connectivity index is 2.89. The maximum atomic E-state index is 13.7. The summed E-state index contributed by atoms with van der Waals surface area (Å²) in [6.07, 6.45) is 1.96. The monoisotopic (exact) mass is 289 g/mol. The molecule has 3 nitrogen and oxygen atoms in total. The minimum absolute atomic E-state index is 0.0125. The fourth-order valence-electron chi connectivity index (χ4n) is 1.25. The van der Waals surface area contributed by atoms with Gasteiger partial charge >= 0.3 is 5.97 Å². The van der Waals surface area contributed by atoms with E-state index in [2.05, 4.69) is 21.2 Å². The van der Waals surface area contributed by atoms with Crippen LogP contribution in [-0.4, -0.2) is 17.6 Å². The summed E-state index contributed by atoms with van der Waals surface area (Å²) >= 11 is 2.94. The summed E-state index contributed by atoms with van der Waals surface area (Å²) in [5.74, 6) is -1.71. The molecule has 0 bridgehead atoms. The van der Waals surface area contributed by atoms with Crippen molar-refractivity contribution in [1.29, 1.82) is 0 Å². The summed E-state index contributed by atoms with van der Waals surface area (Å²) in [5.41, 5.74) is 0.254. The summed E-state index contributed by atoms with van der Waals surface area (Å²) in [5, 5.41) is 11.7. The summed E-state index contributed by atoms with van der Waals surface area (Å²) < 4.78 is 13.7. The summed E-state index contributed by atoms with van der Waals surface area (Å²) in [6, 6.07) is 2.82. The topological polar surface area (TPSA) is 49.3 Å². The molecule has 0 spiro atoms. The minimum Gasteiger partial charge on any atom is -0.478 e. The first kappa shape index (κ1) is 13.0. The molecule has 0 amide bonds. The van der Waals surface area contributed by atoms with Crippen LogP contribution in [0.4, 0.5) is 10.1 Å². The molecule has 1 aromatic rings. The number of hydrogen-bond donors (Lipinski definition) is 2. The van der Waals surface area contributed by atoms with Gasteiger partial charge in [0.15, 0.2) is 5.82 Å². The minimum atomic E-state index is -1.15. The van der Waals surface area contributed by atoms with Gasteiger partial charge in [-0.15, -0.1) is 0 Å². The average Bonchev–Trinajstić information content (AvgIpc) is 2.24. The van der Waals surface area contributed by atoms with E-state index in [0.29, 0.717) is 12.2 Å². The zero-order chi connectivity index (χ0) is 12.1. The SMILES string of the molecule is CCCCNc1ccc(C(=O)O)c(Br)c1F. The molecule has 88 valence electrons. The highest BCUT2D eigenvalue weighted by molar-refractivity contribution is 9.10. The van der Waals surface area contributed by atoms with Gasteiger partial charge in [0.05, 0.1) is 15.7 Å². The van der Waals surface area contributed by atoms with Gasteiger partial charge in [0.1, 0.15) is 0 Å². The molecule has 0 atom stereocenters. The molecule has 0 fully saturated rings. The van der Waals surface area contributed by atoms with E-state index in [1.165, 1.54) is 12.1 Å². The molecule has 0 saturated heterocycles. The van der Waals surface area contributed by atoms with E-state index in [-0.39, 0.29) is 10.0 Å². The number of carboxylic acid groups (broad SMARTS) is 1. The van der Waals surface area contributed by atoms with E-state index in [4.69, 9.17) is 5.11 Å². The van der Waals surface area contributed by atoms with E-state index >= 15 is 0 Å². The molecule has 0 radical (unpaired) electrons. The molecule has 0 heterocycles. The van der Waals surface area contributed by atoms with Crippen LogP contribution < -0.4 is 5.32 Å². The highest BCUT2D eigenvalue weighted by Crippen LogP contribution is 2.27. The summed E-state index contributed by atoms with van der Waals surface area (Å²) in [4.78, 5) is 10.7. The number of nitrogens with one attached hydrogen (secondary N) is 1. The third-order valence-corrected chi connectivity index (χ3v) is 2.93. The molecule has 16 heavy (non-hydrogen) atoms. The van der Waals surface area contributed by atoms with Crippen molar-refractivity contribution in [2.45, 2.75) is 19.8 Å². The van der Waals surface area contributed by atoms with Crippen LogP contribution in [0.25, 0.3) is 0 Å². The lowest BCUT2D eigenvalue weighted by Crippen LogP contribution is -2.06. The molecule has 5 heteroatoms. The molecule has 0 aliphatic carbocycles. The van der Waals surface area contributed by atoms with Gasteiger partial charge in [0.25, 0.3) is 0 Å². The van der Waals surface area contributed by atoms with E-state index in [1.54, 1.807) is 0 Å². The number of carboxylic acids is 1. The molecule has 0 aliphatic heterocycles. The number of unbranched alkanes of at least 4 members (excludes halogenated alkanes) is 1. The third kappa shape index (κ3) is 2.95. The Bertz CT molecular complexity index is 396. The van der Waals surface area contributed by atoms with Crippen molar-refractivity contribution in [2.24, 2.45) is 0 Å². The Morgan fingerprint density at radius 2 is 2.25 bits per heavy atom. The van der Waals surface area contributed by atoms with Gasteiger partial charge in [-0.3, -0.25) is 0 Å². The summed E-state index contributed by atoms with van der Waals surface area (Å²) in [6.45, 7) is 2.72. The Morgan fingerprint density at radius 1 is 1.56 bits per heavy atom. The van der Waals surface area contributed by atoms with Crippen molar-refractivity contribution in [3.63, 3.8) is 0 Å². The number of hydrogen-bond acceptors (Lipinski definition) is 2. The van der Waals surface area contributed by atoms with Crippen LogP contribution in [0, 0.1) is 5.82 Å². The zero-order valence-corrected chi connectivity index (χ0v) is 10.5. The number of carbonyl (C=O) groups is 1. The van der Waals surface area contributed by atoms with Gasteiger partial charge in [-0.05, 0) is 34.5 Å². The maximum Gasteiger partial charge on any atom is 0.336 e. The number of aromatic carboxylic acids is 1. The van der Waals surface area contributed by atoms with Crippen molar-refractivity contribution < 1.29 is 14.3 Å².